The molecule has 1 heterocycles. The Morgan fingerprint density at radius 2 is 1.96 bits per heavy atom. The van der Waals surface area contributed by atoms with Crippen LogP contribution >= 0.6 is 0 Å². The summed E-state index contributed by atoms with van der Waals surface area (Å²) in [5.41, 5.74) is 2.79. The quantitative estimate of drug-likeness (QED) is 0.860. The zero-order chi connectivity index (χ0) is 16.4. The Kier molecular flexibility index (Phi) is 4.14. The molecular formula is C17H19N3O3. The maximum Gasteiger partial charge on any atom is 0.309 e. The van der Waals surface area contributed by atoms with E-state index in [9.17, 15) is 9.59 Å². The van der Waals surface area contributed by atoms with E-state index < -0.39 is 0 Å². The molecular weight excluding hydrogens is 294 g/mol. The summed E-state index contributed by atoms with van der Waals surface area (Å²) in [6.07, 6.45) is 1.72. The highest BCUT2D eigenvalue weighted by Gasteiger charge is 2.31. The summed E-state index contributed by atoms with van der Waals surface area (Å²) >= 11 is 0. The van der Waals surface area contributed by atoms with Crippen molar-refractivity contribution in [3.63, 3.8) is 0 Å². The Morgan fingerprint density at radius 3 is 2.61 bits per heavy atom. The highest BCUT2D eigenvalue weighted by atomic mass is 16.5. The predicted octanol–water partition coefficient (Wildman–Crippen LogP) is 2.38. The van der Waals surface area contributed by atoms with Gasteiger partial charge in [-0.05, 0) is 38.8 Å². The number of anilines is 1. The second-order valence-electron chi connectivity index (χ2n) is 5.85. The van der Waals surface area contributed by atoms with E-state index in [0.29, 0.717) is 5.82 Å². The summed E-state index contributed by atoms with van der Waals surface area (Å²) in [7, 11) is 0. The molecule has 0 atom stereocenters. The Hall–Kier alpha value is -2.63. The van der Waals surface area contributed by atoms with Gasteiger partial charge in [0.05, 0.1) is 17.3 Å². The molecule has 3 rings (SSSR count). The lowest BCUT2D eigenvalue weighted by atomic mass is 10.2. The third-order valence-electron chi connectivity index (χ3n) is 3.63. The van der Waals surface area contributed by atoms with Crippen molar-refractivity contribution in [2.24, 2.45) is 5.92 Å². The first kappa shape index (κ1) is 15.3. The van der Waals surface area contributed by atoms with Gasteiger partial charge in [-0.15, -0.1) is 0 Å². The number of hydrogen-bond acceptors (Lipinski definition) is 4. The van der Waals surface area contributed by atoms with Gasteiger partial charge in [0, 0.05) is 6.07 Å². The fourth-order valence-electron chi connectivity index (χ4n) is 2.22. The normalized spacial score (nSPS) is 13.7. The SMILES string of the molecule is Cc1ccc(-n2nc(C)cc2NC(=O)COC(=O)C2CC2)cc1. The molecule has 1 aliphatic carbocycles. The standard InChI is InChI=1S/C17H19N3O3/c1-11-3-7-14(8-4-11)20-15(9-12(2)19-20)18-16(21)10-23-17(22)13-5-6-13/h3-4,7-9,13H,5-6,10H2,1-2H3,(H,18,21). The summed E-state index contributed by atoms with van der Waals surface area (Å²) in [5.74, 6) is -0.113. The summed E-state index contributed by atoms with van der Waals surface area (Å²) in [6, 6.07) is 9.61. The van der Waals surface area contributed by atoms with Gasteiger partial charge in [-0.1, -0.05) is 17.7 Å². The topological polar surface area (TPSA) is 73.2 Å². The number of benzene rings is 1. The molecule has 0 aliphatic heterocycles. The van der Waals surface area contributed by atoms with Crippen LogP contribution in [0.2, 0.25) is 0 Å². The van der Waals surface area contributed by atoms with Crippen molar-refractivity contribution in [2.45, 2.75) is 26.7 Å². The minimum absolute atomic E-state index is 0.0110. The number of hydrogen-bond donors (Lipinski definition) is 1. The lowest BCUT2D eigenvalue weighted by Gasteiger charge is -2.09. The van der Waals surface area contributed by atoms with Crippen molar-refractivity contribution < 1.29 is 14.3 Å². The van der Waals surface area contributed by atoms with Gasteiger partial charge >= 0.3 is 5.97 Å². The molecule has 1 aromatic heterocycles. The summed E-state index contributed by atoms with van der Waals surface area (Å²) < 4.78 is 6.65. The van der Waals surface area contributed by atoms with Crippen LogP contribution in [-0.2, 0) is 14.3 Å². The fraction of sp³-hybridized carbons (Fsp3) is 0.353. The van der Waals surface area contributed by atoms with Gasteiger partial charge in [0.15, 0.2) is 6.61 Å². The smallest absolute Gasteiger partial charge is 0.309 e. The van der Waals surface area contributed by atoms with E-state index in [1.54, 1.807) is 10.7 Å². The van der Waals surface area contributed by atoms with Crippen molar-refractivity contribution in [3.05, 3.63) is 41.6 Å². The van der Waals surface area contributed by atoms with E-state index in [1.807, 2.05) is 38.1 Å². The van der Waals surface area contributed by atoms with Crippen LogP contribution in [0.15, 0.2) is 30.3 Å². The number of rotatable bonds is 5. The molecule has 0 spiro atoms. The molecule has 23 heavy (non-hydrogen) atoms. The van der Waals surface area contributed by atoms with E-state index in [1.165, 1.54) is 0 Å². The summed E-state index contributed by atoms with van der Waals surface area (Å²) in [4.78, 5) is 23.4. The average Bonchev–Trinajstić information content (AvgIpc) is 3.30. The van der Waals surface area contributed by atoms with Crippen LogP contribution in [-0.4, -0.2) is 28.3 Å². The van der Waals surface area contributed by atoms with Gasteiger partial charge in [0.1, 0.15) is 5.82 Å². The highest BCUT2D eigenvalue weighted by Crippen LogP contribution is 2.30. The average molecular weight is 313 g/mol. The van der Waals surface area contributed by atoms with Gasteiger partial charge in [-0.3, -0.25) is 9.59 Å². The van der Waals surface area contributed by atoms with E-state index in [0.717, 1.165) is 29.8 Å². The van der Waals surface area contributed by atoms with Crippen LogP contribution in [0.25, 0.3) is 5.69 Å². The molecule has 1 N–H and O–H groups in total. The second kappa shape index (κ2) is 6.24. The first-order chi connectivity index (χ1) is 11.0. The van der Waals surface area contributed by atoms with Gasteiger partial charge in [0.25, 0.3) is 5.91 Å². The molecule has 0 bridgehead atoms. The molecule has 1 aromatic carbocycles. The molecule has 6 heteroatoms. The number of carbonyl (C=O) groups excluding carboxylic acids is 2. The number of carbonyl (C=O) groups is 2. The molecule has 120 valence electrons. The van der Waals surface area contributed by atoms with Crippen LogP contribution in [0.4, 0.5) is 5.82 Å². The molecule has 1 fully saturated rings. The first-order valence-corrected chi connectivity index (χ1v) is 7.63. The zero-order valence-electron chi connectivity index (χ0n) is 13.2. The number of amides is 1. The summed E-state index contributed by atoms with van der Waals surface area (Å²) in [5, 5.41) is 7.13. The van der Waals surface area contributed by atoms with Gasteiger partial charge < -0.3 is 10.1 Å². The molecule has 0 saturated heterocycles. The Balaban J connectivity index is 1.68. The maximum absolute atomic E-state index is 12.0. The lowest BCUT2D eigenvalue weighted by Crippen LogP contribution is -2.22. The van der Waals surface area contributed by atoms with Crippen molar-refractivity contribution >= 4 is 17.7 Å². The number of aryl methyl sites for hydroxylation is 2. The van der Waals surface area contributed by atoms with Crippen LogP contribution in [0.3, 0.4) is 0 Å². The number of ether oxygens (including phenoxy) is 1. The number of esters is 1. The van der Waals surface area contributed by atoms with Crippen LogP contribution in [0.1, 0.15) is 24.1 Å². The third kappa shape index (κ3) is 3.77. The van der Waals surface area contributed by atoms with E-state index >= 15 is 0 Å². The highest BCUT2D eigenvalue weighted by molar-refractivity contribution is 5.92. The Labute approximate surface area is 134 Å². The van der Waals surface area contributed by atoms with Crippen molar-refractivity contribution in [2.75, 3.05) is 11.9 Å². The lowest BCUT2D eigenvalue weighted by molar-refractivity contribution is -0.148. The zero-order valence-corrected chi connectivity index (χ0v) is 13.2. The van der Waals surface area contributed by atoms with Gasteiger partial charge in [0.2, 0.25) is 0 Å². The van der Waals surface area contributed by atoms with Gasteiger partial charge in [-0.25, -0.2) is 4.68 Å². The first-order valence-electron chi connectivity index (χ1n) is 7.63. The van der Waals surface area contributed by atoms with Gasteiger partial charge in [-0.2, -0.15) is 5.10 Å². The molecule has 1 amide bonds. The van der Waals surface area contributed by atoms with Crippen molar-refractivity contribution in [1.82, 2.24) is 9.78 Å². The van der Waals surface area contributed by atoms with E-state index in [4.69, 9.17) is 4.74 Å². The number of nitrogens with zero attached hydrogens (tertiary/aromatic N) is 2. The third-order valence-corrected chi connectivity index (χ3v) is 3.63. The Bertz CT molecular complexity index is 730. The summed E-state index contributed by atoms with van der Waals surface area (Å²) in [6.45, 7) is 3.59. The largest absolute Gasteiger partial charge is 0.455 e. The molecule has 1 saturated carbocycles. The van der Waals surface area contributed by atoms with E-state index in [-0.39, 0.29) is 24.4 Å². The molecule has 6 nitrogen and oxygen atoms in total. The Morgan fingerprint density at radius 1 is 1.26 bits per heavy atom. The maximum atomic E-state index is 12.0. The molecule has 0 radical (unpaired) electrons. The minimum atomic E-state index is -0.368. The monoisotopic (exact) mass is 313 g/mol. The van der Waals surface area contributed by atoms with Crippen LogP contribution in [0.5, 0.6) is 0 Å². The number of aromatic nitrogens is 2. The fourth-order valence-corrected chi connectivity index (χ4v) is 2.22. The van der Waals surface area contributed by atoms with Crippen molar-refractivity contribution in [3.8, 4) is 5.69 Å². The van der Waals surface area contributed by atoms with Crippen molar-refractivity contribution in [1.29, 1.82) is 0 Å². The second-order valence-corrected chi connectivity index (χ2v) is 5.85. The molecule has 0 unspecified atom stereocenters. The molecule has 1 aliphatic rings. The predicted molar refractivity (Wildman–Crippen MR) is 85.4 cm³/mol. The van der Waals surface area contributed by atoms with Crippen LogP contribution in [0, 0.1) is 19.8 Å². The van der Waals surface area contributed by atoms with E-state index in [2.05, 4.69) is 10.4 Å². The van der Waals surface area contributed by atoms with Crippen LogP contribution < -0.4 is 5.32 Å². The molecule has 2 aromatic rings. The minimum Gasteiger partial charge on any atom is -0.455 e. The number of nitrogens with one attached hydrogen (secondary N) is 1.